The normalized spacial score (nSPS) is 8.92. The maximum Gasteiger partial charge on any atom is 0.174 e. The molecule has 0 heterocycles. The molecule has 3 heteroatoms. The van der Waals surface area contributed by atoms with Crippen molar-refractivity contribution in [3.05, 3.63) is 35.4 Å². The van der Waals surface area contributed by atoms with Crippen molar-refractivity contribution in [3.63, 3.8) is 0 Å². The van der Waals surface area contributed by atoms with Crippen LogP contribution in [0.1, 0.15) is 5.56 Å². The summed E-state index contributed by atoms with van der Waals surface area (Å²) in [6, 6.07) is 3.90. The Bertz CT molecular complexity index is 336. The Labute approximate surface area is 75.0 Å². The zero-order valence-electron chi connectivity index (χ0n) is 6.14. The van der Waals surface area contributed by atoms with Gasteiger partial charge in [0.1, 0.15) is 0 Å². The van der Waals surface area contributed by atoms with Gasteiger partial charge in [0, 0.05) is 0 Å². The standard InChI is InChI=1S/C9H6F2S/c10-8-5-1-3-7(9(8)11)4-2-6-12/h1,3,5,12H,6H2. The highest BCUT2D eigenvalue weighted by atomic mass is 32.1. The summed E-state index contributed by atoms with van der Waals surface area (Å²) in [7, 11) is 0. The summed E-state index contributed by atoms with van der Waals surface area (Å²) in [6.45, 7) is 0. The predicted octanol–water partition coefficient (Wildman–Crippen LogP) is 2.25. The zero-order chi connectivity index (χ0) is 8.97. The summed E-state index contributed by atoms with van der Waals surface area (Å²) in [5, 5.41) is 0. The number of thiol groups is 1. The molecule has 0 aliphatic rings. The fourth-order valence-electron chi connectivity index (χ4n) is 0.735. The molecule has 0 spiro atoms. The summed E-state index contributed by atoms with van der Waals surface area (Å²) >= 11 is 3.82. The van der Waals surface area contributed by atoms with Gasteiger partial charge in [-0.2, -0.15) is 12.6 Å². The first-order valence-electron chi connectivity index (χ1n) is 3.29. The second-order valence-corrected chi connectivity index (χ2v) is 2.38. The first-order valence-corrected chi connectivity index (χ1v) is 3.92. The molecule has 62 valence electrons. The molecule has 0 aromatic heterocycles. The topological polar surface area (TPSA) is 0 Å². The molecule has 0 radical (unpaired) electrons. The molecule has 12 heavy (non-hydrogen) atoms. The molecule has 1 aromatic rings. The number of hydrogen-bond acceptors (Lipinski definition) is 1. The van der Waals surface area contributed by atoms with Crippen molar-refractivity contribution in [2.45, 2.75) is 0 Å². The predicted molar refractivity (Wildman–Crippen MR) is 47.1 cm³/mol. The van der Waals surface area contributed by atoms with E-state index in [1.165, 1.54) is 12.1 Å². The number of rotatable bonds is 0. The van der Waals surface area contributed by atoms with Crippen LogP contribution in [0.25, 0.3) is 0 Å². The summed E-state index contributed by atoms with van der Waals surface area (Å²) in [4.78, 5) is 0. The van der Waals surface area contributed by atoms with Crippen molar-refractivity contribution in [1.29, 1.82) is 0 Å². The third kappa shape index (κ3) is 1.99. The third-order valence-corrected chi connectivity index (χ3v) is 1.41. The van der Waals surface area contributed by atoms with Crippen molar-refractivity contribution in [2.75, 3.05) is 5.75 Å². The second-order valence-electron chi connectivity index (χ2n) is 2.06. The van der Waals surface area contributed by atoms with Crippen LogP contribution in [0.15, 0.2) is 18.2 Å². The monoisotopic (exact) mass is 184 g/mol. The summed E-state index contributed by atoms with van der Waals surface area (Å²) in [5.41, 5.74) is 0.0732. The maximum atomic E-state index is 12.8. The maximum absolute atomic E-state index is 12.8. The lowest BCUT2D eigenvalue weighted by Crippen LogP contribution is -1.88. The third-order valence-electron chi connectivity index (χ3n) is 1.25. The highest BCUT2D eigenvalue weighted by molar-refractivity contribution is 7.80. The lowest BCUT2D eigenvalue weighted by molar-refractivity contribution is 0.506. The Morgan fingerprint density at radius 1 is 1.33 bits per heavy atom. The van der Waals surface area contributed by atoms with Crippen molar-refractivity contribution in [3.8, 4) is 11.8 Å². The minimum atomic E-state index is -0.896. The average Bonchev–Trinajstić information content (AvgIpc) is 2.08. The van der Waals surface area contributed by atoms with Gasteiger partial charge in [0.2, 0.25) is 0 Å². The Balaban J connectivity index is 3.08. The minimum Gasteiger partial charge on any atom is -0.204 e. The van der Waals surface area contributed by atoms with Crippen LogP contribution in [0.2, 0.25) is 0 Å². The van der Waals surface area contributed by atoms with Gasteiger partial charge in [-0.05, 0) is 12.1 Å². The fourth-order valence-corrected chi connectivity index (χ4v) is 0.814. The van der Waals surface area contributed by atoms with Crippen LogP contribution >= 0.6 is 12.6 Å². The van der Waals surface area contributed by atoms with E-state index in [2.05, 4.69) is 24.5 Å². The van der Waals surface area contributed by atoms with Crippen molar-refractivity contribution >= 4 is 12.6 Å². The molecule has 0 amide bonds. The molecule has 1 rings (SSSR count). The van der Waals surface area contributed by atoms with Crippen LogP contribution in [0.5, 0.6) is 0 Å². The van der Waals surface area contributed by atoms with Crippen LogP contribution in [-0.4, -0.2) is 5.75 Å². The largest absolute Gasteiger partial charge is 0.204 e. The minimum absolute atomic E-state index is 0.0732. The van der Waals surface area contributed by atoms with Gasteiger partial charge in [-0.15, -0.1) is 0 Å². The van der Waals surface area contributed by atoms with Gasteiger partial charge in [0.25, 0.3) is 0 Å². The number of benzene rings is 1. The molecule has 0 nitrogen and oxygen atoms in total. The van der Waals surface area contributed by atoms with Gasteiger partial charge < -0.3 is 0 Å². The fraction of sp³-hybridized carbons (Fsp3) is 0.111. The first-order chi connectivity index (χ1) is 5.75. The van der Waals surface area contributed by atoms with Gasteiger partial charge in [-0.3, -0.25) is 0 Å². The smallest absolute Gasteiger partial charge is 0.174 e. The Hall–Kier alpha value is -1.01. The molecule has 0 saturated heterocycles. The number of halogens is 2. The van der Waals surface area contributed by atoms with Crippen LogP contribution in [0.4, 0.5) is 8.78 Å². The van der Waals surface area contributed by atoms with E-state index in [0.717, 1.165) is 6.07 Å². The molecule has 0 N–H and O–H groups in total. The summed E-state index contributed by atoms with van der Waals surface area (Å²) in [6.07, 6.45) is 0. The highest BCUT2D eigenvalue weighted by Gasteiger charge is 2.03. The van der Waals surface area contributed by atoms with Gasteiger partial charge in [-0.25, -0.2) is 8.78 Å². The first kappa shape index (κ1) is 9.08. The van der Waals surface area contributed by atoms with E-state index in [0.29, 0.717) is 5.75 Å². The van der Waals surface area contributed by atoms with Gasteiger partial charge >= 0.3 is 0 Å². The van der Waals surface area contributed by atoms with Gasteiger partial charge in [0.05, 0.1) is 11.3 Å². The van der Waals surface area contributed by atoms with Crippen molar-refractivity contribution in [2.24, 2.45) is 0 Å². The highest BCUT2D eigenvalue weighted by Crippen LogP contribution is 2.09. The lowest BCUT2D eigenvalue weighted by atomic mass is 10.2. The molecule has 0 aliphatic heterocycles. The van der Waals surface area contributed by atoms with E-state index in [1.54, 1.807) is 0 Å². The van der Waals surface area contributed by atoms with Crippen molar-refractivity contribution in [1.82, 2.24) is 0 Å². The van der Waals surface area contributed by atoms with E-state index in [9.17, 15) is 8.78 Å². The molecule has 0 fully saturated rings. The van der Waals surface area contributed by atoms with Gasteiger partial charge in [-0.1, -0.05) is 17.9 Å². The zero-order valence-corrected chi connectivity index (χ0v) is 7.04. The Morgan fingerprint density at radius 2 is 2.08 bits per heavy atom. The average molecular weight is 184 g/mol. The molecule has 0 aliphatic carbocycles. The van der Waals surface area contributed by atoms with Crippen LogP contribution < -0.4 is 0 Å². The van der Waals surface area contributed by atoms with E-state index < -0.39 is 11.6 Å². The van der Waals surface area contributed by atoms with Crippen molar-refractivity contribution < 1.29 is 8.78 Å². The molecular weight excluding hydrogens is 178 g/mol. The molecule has 0 atom stereocenters. The van der Waals surface area contributed by atoms with E-state index >= 15 is 0 Å². The number of hydrogen-bond donors (Lipinski definition) is 1. The Kier molecular flexibility index (Phi) is 3.12. The lowest BCUT2D eigenvalue weighted by Gasteiger charge is -1.93. The van der Waals surface area contributed by atoms with E-state index in [1.807, 2.05) is 0 Å². The van der Waals surface area contributed by atoms with Crippen LogP contribution in [0, 0.1) is 23.5 Å². The second kappa shape index (κ2) is 4.13. The molecule has 0 bridgehead atoms. The molecule has 0 saturated carbocycles. The van der Waals surface area contributed by atoms with E-state index in [4.69, 9.17) is 0 Å². The molecule has 1 aromatic carbocycles. The van der Waals surface area contributed by atoms with Crippen LogP contribution in [-0.2, 0) is 0 Å². The summed E-state index contributed by atoms with van der Waals surface area (Å²) < 4.78 is 25.4. The van der Waals surface area contributed by atoms with Crippen LogP contribution in [0.3, 0.4) is 0 Å². The summed E-state index contributed by atoms with van der Waals surface area (Å²) in [5.74, 6) is 3.56. The molecule has 0 unspecified atom stereocenters. The van der Waals surface area contributed by atoms with E-state index in [-0.39, 0.29) is 5.56 Å². The van der Waals surface area contributed by atoms with Gasteiger partial charge in [0.15, 0.2) is 11.6 Å². The quantitative estimate of drug-likeness (QED) is 0.464. The Morgan fingerprint density at radius 3 is 2.75 bits per heavy atom. The SMILES string of the molecule is Fc1cccc(C#CCS)c1F. The molecular formula is C9H6F2S.